The quantitative estimate of drug-likeness (QED) is 0.617. The van der Waals surface area contributed by atoms with Crippen LogP contribution < -0.4 is 0 Å². The van der Waals surface area contributed by atoms with E-state index in [-0.39, 0.29) is 5.91 Å². The van der Waals surface area contributed by atoms with Gasteiger partial charge in [-0.15, -0.1) is 10.2 Å². The van der Waals surface area contributed by atoms with Gasteiger partial charge in [0.2, 0.25) is 0 Å². The normalized spacial score (nSPS) is 13.2. The third-order valence-corrected chi connectivity index (χ3v) is 6.01. The lowest BCUT2D eigenvalue weighted by molar-refractivity contribution is 0.0733. The van der Waals surface area contributed by atoms with Gasteiger partial charge in [-0.3, -0.25) is 9.48 Å². The third-order valence-electron chi connectivity index (χ3n) is 5.11. The van der Waals surface area contributed by atoms with Gasteiger partial charge in [0.15, 0.2) is 11.0 Å². The molecule has 3 aromatic rings. The van der Waals surface area contributed by atoms with Crippen molar-refractivity contribution in [3.05, 3.63) is 46.6 Å². The largest absolute Gasteiger partial charge is 0.334 e. The second kappa shape index (κ2) is 7.72. The van der Waals surface area contributed by atoms with Crippen molar-refractivity contribution in [1.29, 1.82) is 5.26 Å². The highest BCUT2D eigenvalue weighted by atomic mass is 32.2. The molecule has 1 aromatic carbocycles. The van der Waals surface area contributed by atoms with E-state index in [4.69, 9.17) is 10.4 Å². The molecule has 0 atom stereocenters. The number of nitrogens with zero attached hydrogens (tertiary/aromatic N) is 7. The molecule has 2 aromatic heterocycles. The number of carbonyl (C=O) groups is 1. The lowest BCUT2D eigenvalue weighted by Crippen LogP contribution is -2.36. The first-order chi connectivity index (χ1) is 14.0. The summed E-state index contributed by atoms with van der Waals surface area (Å²) in [5, 5.41) is 23.1. The molecule has 8 nitrogen and oxygen atoms in total. The monoisotopic (exact) mass is 407 g/mol. The Hall–Kier alpha value is -3.12. The summed E-state index contributed by atoms with van der Waals surface area (Å²) in [6.07, 6.45) is 0.731. The molecule has 0 N–H and O–H groups in total. The van der Waals surface area contributed by atoms with E-state index in [1.807, 2.05) is 28.2 Å². The van der Waals surface area contributed by atoms with Crippen LogP contribution in [0, 0.1) is 11.3 Å². The zero-order valence-electron chi connectivity index (χ0n) is 16.6. The van der Waals surface area contributed by atoms with E-state index < -0.39 is 0 Å². The molecule has 0 aliphatic carbocycles. The number of thioether (sulfide) groups is 1. The Balaban J connectivity index is 1.65. The summed E-state index contributed by atoms with van der Waals surface area (Å²) >= 11 is 1.63. The highest BCUT2D eigenvalue weighted by molar-refractivity contribution is 7.99. The van der Waals surface area contributed by atoms with Crippen LogP contribution in [0.15, 0.2) is 29.4 Å². The van der Waals surface area contributed by atoms with Crippen molar-refractivity contribution in [2.24, 2.45) is 14.1 Å². The van der Waals surface area contributed by atoms with E-state index in [0.717, 1.165) is 34.3 Å². The molecule has 0 spiro atoms. The summed E-state index contributed by atoms with van der Waals surface area (Å²) in [6, 6.07) is 8.83. The fourth-order valence-electron chi connectivity index (χ4n) is 3.59. The predicted octanol–water partition coefficient (Wildman–Crippen LogP) is 2.40. The van der Waals surface area contributed by atoms with Crippen LogP contribution in [0.2, 0.25) is 0 Å². The maximum atomic E-state index is 13.0. The second-order valence-corrected chi connectivity index (χ2v) is 8.09. The van der Waals surface area contributed by atoms with Crippen molar-refractivity contribution in [2.45, 2.75) is 25.0 Å². The maximum Gasteiger partial charge on any atom is 0.254 e. The minimum absolute atomic E-state index is 0.0462. The average molecular weight is 408 g/mol. The Morgan fingerprint density at radius 3 is 2.69 bits per heavy atom. The Kier molecular flexibility index (Phi) is 5.11. The zero-order chi connectivity index (χ0) is 20.5. The van der Waals surface area contributed by atoms with Gasteiger partial charge in [0, 0.05) is 43.9 Å². The van der Waals surface area contributed by atoms with Gasteiger partial charge in [0.25, 0.3) is 5.91 Å². The number of aromatic nitrogens is 5. The van der Waals surface area contributed by atoms with Crippen LogP contribution in [0.5, 0.6) is 0 Å². The highest BCUT2D eigenvalue weighted by Crippen LogP contribution is 2.30. The summed E-state index contributed by atoms with van der Waals surface area (Å²) in [7, 11) is 3.87. The first-order valence-electron chi connectivity index (χ1n) is 9.40. The summed E-state index contributed by atoms with van der Waals surface area (Å²) in [6.45, 7) is 3.18. The Bertz CT molecular complexity index is 1110. The van der Waals surface area contributed by atoms with Gasteiger partial charge in [0.1, 0.15) is 5.69 Å². The molecule has 0 fully saturated rings. The standard InChI is InChI=1S/C20H21N7OS/c1-4-29-20-23-22-18(25(20)2)17-15-12-27(10-9-16(15)26(3)24-17)19(28)14-7-5-13(11-21)6-8-14/h5-8H,4,9-10,12H2,1-3H3. The van der Waals surface area contributed by atoms with E-state index in [0.29, 0.717) is 30.0 Å². The number of aryl methyl sites for hydroxylation is 1. The van der Waals surface area contributed by atoms with Crippen LogP contribution >= 0.6 is 11.8 Å². The van der Waals surface area contributed by atoms with Crippen molar-refractivity contribution in [3.63, 3.8) is 0 Å². The first-order valence-corrected chi connectivity index (χ1v) is 10.4. The van der Waals surface area contributed by atoms with E-state index in [2.05, 4.69) is 23.2 Å². The van der Waals surface area contributed by atoms with Crippen LogP contribution in [-0.4, -0.2) is 47.6 Å². The molecule has 0 bridgehead atoms. The number of nitriles is 1. The predicted molar refractivity (Wildman–Crippen MR) is 109 cm³/mol. The van der Waals surface area contributed by atoms with E-state index >= 15 is 0 Å². The van der Waals surface area contributed by atoms with Crippen LogP contribution in [-0.2, 0) is 27.1 Å². The zero-order valence-corrected chi connectivity index (χ0v) is 17.4. The minimum Gasteiger partial charge on any atom is -0.334 e. The molecule has 1 aliphatic heterocycles. The summed E-state index contributed by atoms with van der Waals surface area (Å²) < 4.78 is 3.84. The molecular weight excluding hydrogens is 386 g/mol. The fraction of sp³-hybridized carbons (Fsp3) is 0.350. The van der Waals surface area contributed by atoms with E-state index in [9.17, 15) is 4.79 Å². The van der Waals surface area contributed by atoms with Gasteiger partial charge in [-0.1, -0.05) is 18.7 Å². The first kappa shape index (κ1) is 19.2. The number of carbonyl (C=O) groups excluding carboxylic acids is 1. The molecule has 1 aliphatic rings. The van der Waals surface area contributed by atoms with Gasteiger partial charge < -0.3 is 9.47 Å². The number of hydrogen-bond donors (Lipinski definition) is 0. The van der Waals surface area contributed by atoms with Crippen molar-refractivity contribution in [3.8, 4) is 17.6 Å². The van der Waals surface area contributed by atoms with Gasteiger partial charge in [-0.25, -0.2) is 0 Å². The van der Waals surface area contributed by atoms with E-state index in [1.165, 1.54) is 0 Å². The average Bonchev–Trinajstić information content (AvgIpc) is 3.27. The smallest absolute Gasteiger partial charge is 0.254 e. The summed E-state index contributed by atoms with van der Waals surface area (Å²) in [5.41, 5.74) is 4.04. The van der Waals surface area contributed by atoms with Gasteiger partial charge in [0.05, 0.1) is 18.2 Å². The van der Waals surface area contributed by atoms with Crippen LogP contribution in [0.4, 0.5) is 0 Å². The molecule has 4 rings (SSSR count). The SMILES string of the molecule is CCSc1nnc(-c2nn(C)c3c2CN(C(=O)c2ccc(C#N)cc2)CC3)n1C. The highest BCUT2D eigenvalue weighted by Gasteiger charge is 2.29. The molecule has 29 heavy (non-hydrogen) atoms. The second-order valence-electron chi connectivity index (χ2n) is 6.86. The van der Waals surface area contributed by atoms with Gasteiger partial charge >= 0.3 is 0 Å². The van der Waals surface area contributed by atoms with Gasteiger partial charge in [-0.2, -0.15) is 10.4 Å². The molecule has 0 unspecified atom stereocenters. The number of hydrogen-bond acceptors (Lipinski definition) is 6. The van der Waals surface area contributed by atoms with Crippen molar-refractivity contribution < 1.29 is 4.79 Å². The Labute approximate surface area is 173 Å². The summed E-state index contributed by atoms with van der Waals surface area (Å²) in [4.78, 5) is 14.8. The van der Waals surface area contributed by atoms with Crippen molar-refractivity contribution in [2.75, 3.05) is 12.3 Å². The fourth-order valence-corrected chi connectivity index (χ4v) is 4.23. The molecule has 148 valence electrons. The molecule has 9 heteroatoms. The van der Waals surface area contributed by atoms with Crippen molar-refractivity contribution in [1.82, 2.24) is 29.4 Å². The number of fused-ring (bicyclic) bond motifs is 1. The summed E-state index contributed by atoms with van der Waals surface area (Å²) in [5.74, 6) is 1.58. The third kappa shape index (κ3) is 3.40. The molecule has 0 radical (unpaired) electrons. The van der Waals surface area contributed by atoms with E-state index in [1.54, 1.807) is 36.0 Å². The molecule has 0 saturated carbocycles. The van der Waals surface area contributed by atoms with Crippen molar-refractivity contribution >= 4 is 17.7 Å². The van der Waals surface area contributed by atoms with Crippen LogP contribution in [0.1, 0.15) is 34.1 Å². The topological polar surface area (TPSA) is 92.6 Å². The number of rotatable bonds is 4. The van der Waals surface area contributed by atoms with Crippen LogP contribution in [0.3, 0.4) is 0 Å². The maximum absolute atomic E-state index is 13.0. The Morgan fingerprint density at radius 1 is 1.24 bits per heavy atom. The molecule has 1 amide bonds. The minimum atomic E-state index is -0.0462. The lowest BCUT2D eigenvalue weighted by Gasteiger charge is -2.27. The molecule has 0 saturated heterocycles. The lowest BCUT2D eigenvalue weighted by atomic mass is 10.0. The number of benzene rings is 1. The van der Waals surface area contributed by atoms with Gasteiger partial charge in [-0.05, 0) is 30.0 Å². The Morgan fingerprint density at radius 2 is 2.00 bits per heavy atom. The molecule has 3 heterocycles. The number of amides is 1. The molecular formula is C20H21N7OS. The van der Waals surface area contributed by atoms with Crippen LogP contribution in [0.25, 0.3) is 11.5 Å².